The molecule has 0 bridgehead atoms. The van der Waals surface area contributed by atoms with Gasteiger partial charge in [0.2, 0.25) is 0 Å². The summed E-state index contributed by atoms with van der Waals surface area (Å²) < 4.78 is 7.70. The maximum absolute atomic E-state index is 13.3. The van der Waals surface area contributed by atoms with Gasteiger partial charge >= 0.3 is 0 Å². The first kappa shape index (κ1) is 21.0. The minimum Gasteiger partial charge on any atom is -0.376 e. The molecule has 2 unspecified atom stereocenters. The smallest absolute Gasteiger partial charge is 0.257 e. The van der Waals surface area contributed by atoms with E-state index in [0.717, 1.165) is 47.0 Å². The number of rotatable bonds is 4. The van der Waals surface area contributed by atoms with Crippen molar-refractivity contribution in [2.24, 2.45) is 0 Å². The Kier molecular flexibility index (Phi) is 5.85. The predicted molar refractivity (Wildman–Crippen MR) is 125 cm³/mol. The van der Waals surface area contributed by atoms with Crippen LogP contribution in [0.25, 0.3) is 5.69 Å². The van der Waals surface area contributed by atoms with Crippen molar-refractivity contribution in [2.75, 3.05) is 13.2 Å². The van der Waals surface area contributed by atoms with Gasteiger partial charge in [-0.05, 0) is 43.5 Å². The Morgan fingerprint density at radius 3 is 2.94 bits per heavy atom. The zero-order chi connectivity index (χ0) is 22.1. The molecule has 4 heterocycles. The Bertz CT molecular complexity index is 1200. The van der Waals surface area contributed by atoms with Gasteiger partial charge in [0.15, 0.2) is 5.43 Å². The molecule has 1 amide bonds. The molecule has 1 aromatic carbocycles. The van der Waals surface area contributed by atoms with E-state index in [2.05, 4.69) is 20.9 Å². The third-order valence-electron chi connectivity index (χ3n) is 6.05. The molecule has 0 spiro atoms. The Hall–Kier alpha value is -2.90. The van der Waals surface area contributed by atoms with Gasteiger partial charge in [0.25, 0.3) is 5.91 Å². The zero-order valence-corrected chi connectivity index (χ0v) is 18.7. The van der Waals surface area contributed by atoms with E-state index in [4.69, 9.17) is 4.74 Å². The first-order chi connectivity index (χ1) is 15.6. The number of aryl methyl sites for hydroxylation is 1. The molecule has 0 aliphatic carbocycles. The van der Waals surface area contributed by atoms with Gasteiger partial charge < -0.3 is 14.6 Å². The molecule has 3 aromatic rings. The van der Waals surface area contributed by atoms with Crippen molar-refractivity contribution < 1.29 is 9.53 Å². The maximum Gasteiger partial charge on any atom is 0.257 e. The number of thioether (sulfide) groups is 1. The highest BCUT2D eigenvalue weighted by atomic mass is 32.2. The monoisotopic (exact) mass is 447 g/mol. The molecular formula is C25H25N3O3S. The number of carbonyl (C=O) groups is 1. The summed E-state index contributed by atoms with van der Waals surface area (Å²) in [5, 5.41) is 2.99. The summed E-state index contributed by atoms with van der Waals surface area (Å²) in [4.78, 5) is 31.8. The molecule has 1 N–H and O–H groups in total. The van der Waals surface area contributed by atoms with Crippen LogP contribution < -0.4 is 10.7 Å². The minimum atomic E-state index is -0.330. The molecule has 2 aromatic heterocycles. The van der Waals surface area contributed by atoms with Gasteiger partial charge in [0.1, 0.15) is 5.56 Å². The van der Waals surface area contributed by atoms with Crippen LogP contribution >= 0.6 is 11.8 Å². The summed E-state index contributed by atoms with van der Waals surface area (Å²) >= 11 is 1.74. The number of nitrogens with zero attached hydrogens (tertiary/aromatic N) is 2. The summed E-state index contributed by atoms with van der Waals surface area (Å²) in [5.41, 5.74) is 3.60. The van der Waals surface area contributed by atoms with Crippen LogP contribution in [0, 0.1) is 6.92 Å². The SMILES string of the molecule is Cc1cc(=O)c(C(=O)NCC2CCCO2)c2n1-c1ccccc1SC(c1cccnc1)C2. The van der Waals surface area contributed by atoms with E-state index >= 15 is 0 Å². The molecule has 1 saturated heterocycles. The molecule has 32 heavy (non-hydrogen) atoms. The van der Waals surface area contributed by atoms with Crippen molar-refractivity contribution in [1.82, 2.24) is 14.9 Å². The second kappa shape index (κ2) is 8.92. The van der Waals surface area contributed by atoms with Gasteiger partial charge in [-0.15, -0.1) is 11.8 Å². The number of benzene rings is 1. The van der Waals surface area contributed by atoms with E-state index in [1.54, 1.807) is 24.0 Å². The van der Waals surface area contributed by atoms with Crippen LogP contribution in [0.3, 0.4) is 0 Å². The minimum absolute atomic E-state index is 0.0187. The average Bonchev–Trinajstić information content (AvgIpc) is 3.26. The van der Waals surface area contributed by atoms with E-state index < -0.39 is 0 Å². The summed E-state index contributed by atoms with van der Waals surface area (Å²) in [6.45, 7) is 3.07. The molecule has 2 atom stereocenters. The fraction of sp³-hybridized carbons (Fsp3) is 0.320. The van der Waals surface area contributed by atoms with E-state index in [9.17, 15) is 9.59 Å². The molecule has 5 rings (SSSR count). The van der Waals surface area contributed by atoms with Crippen LogP contribution in [0.15, 0.2) is 64.5 Å². The Morgan fingerprint density at radius 1 is 1.28 bits per heavy atom. The highest BCUT2D eigenvalue weighted by molar-refractivity contribution is 7.99. The van der Waals surface area contributed by atoms with E-state index in [-0.39, 0.29) is 28.3 Å². The second-order valence-corrected chi connectivity index (χ2v) is 9.46. The van der Waals surface area contributed by atoms with Crippen molar-refractivity contribution in [3.8, 4) is 5.69 Å². The number of aromatic nitrogens is 2. The first-order valence-corrected chi connectivity index (χ1v) is 11.8. The number of fused-ring (bicyclic) bond motifs is 3. The van der Waals surface area contributed by atoms with Crippen molar-refractivity contribution >= 4 is 17.7 Å². The molecule has 164 valence electrons. The van der Waals surface area contributed by atoms with Gasteiger partial charge in [-0.2, -0.15) is 0 Å². The number of hydrogen-bond donors (Lipinski definition) is 1. The predicted octanol–water partition coefficient (Wildman–Crippen LogP) is 3.84. The summed E-state index contributed by atoms with van der Waals surface area (Å²) in [6.07, 6.45) is 6.12. The van der Waals surface area contributed by atoms with Crippen LogP contribution in [0.2, 0.25) is 0 Å². The number of carbonyl (C=O) groups excluding carboxylic acids is 1. The largest absolute Gasteiger partial charge is 0.376 e. The number of amides is 1. The van der Waals surface area contributed by atoms with Crippen LogP contribution in [0.5, 0.6) is 0 Å². The summed E-state index contributed by atoms with van der Waals surface area (Å²) in [6, 6.07) is 13.7. The van der Waals surface area contributed by atoms with Crippen LogP contribution in [-0.4, -0.2) is 34.7 Å². The number of para-hydroxylation sites is 1. The third kappa shape index (κ3) is 3.98. The fourth-order valence-electron chi connectivity index (χ4n) is 4.53. The van der Waals surface area contributed by atoms with E-state index in [1.807, 2.05) is 43.5 Å². The van der Waals surface area contributed by atoms with Crippen LogP contribution in [-0.2, 0) is 11.2 Å². The van der Waals surface area contributed by atoms with Gasteiger partial charge in [-0.3, -0.25) is 14.6 Å². The molecule has 6 nitrogen and oxygen atoms in total. The molecule has 1 fully saturated rings. The summed E-state index contributed by atoms with van der Waals surface area (Å²) in [7, 11) is 0. The Labute approximate surface area is 191 Å². The van der Waals surface area contributed by atoms with Gasteiger partial charge in [-0.1, -0.05) is 18.2 Å². The summed E-state index contributed by atoms with van der Waals surface area (Å²) in [5.74, 6) is -0.330. The van der Waals surface area contributed by atoms with Crippen molar-refractivity contribution in [3.63, 3.8) is 0 Å². The maximum atomic E-state index is 13.3. The molecule has 0 radical (unpaired) electrons. The fourth-order valence-corrected chi connectivity index (χ4v) is 5.79. The normalized spacial score (nSPS) is 19.7. The lowest BCUT2D eigenvalue weighted by atomic mass is 10.0. The number of nitrogens with one attached hydrogen (secondary N) is 1. The number of ether oxygens (including phenoxy) is 1. The average molecular weight is 448 g/mol. The van der Waals surface area contributed by atoms with Gasteiger partial charge in [-0.25, -0.2) is 0 Å². The van der Waals surface area contributed by atoms with Crippen molar-refractivity contribution in [1.29, 1.82) is 0 Å². The highest BCUT2D eigenvalue weighted by Crippen LogP contribution is 2.44. The van der Waals surface area contributed by atoms with Gasteiger partial charge in [0.05, 0.1) is 11.8 Å². The van der Waals surface area contributed by atoms with Crippen LogP contribution in [0.1, 0.15) is 45.4 Å². The first-order valence-electron chi connectivity index (χ1n) is 10.9. The van der Waals surface area contributed by atoms with Crippen molar-refractivity contribution in [2.45, 2.75) is 42.4 Å². The lowest BCUT2D eigenvalue weighted by molar-refractivity contribution is 0.0855. The molecular weight excluding hydrogens is 422 g/mol. The van der Waals surface area contributed by atoms with E-state index in [0.29, 0.717) is 13.0 Å². The highest BCUT2D eigenvalue weighted by Gasteiger charge is 2.29. The number of pyridine rings is 2. The third-order valence-corrected chi connectivity index (χ3v) is 7.37. The quantitative estimate of drug-likeness (QED) is 0.658. The second-order valence-electron chi connectivity index (χ2n) is 8.22. The topological polar surface area (TPSA) is 73.2 Å². The number of hydrogen-bond acceptors (Lipinski definition) is 5. The van der Waals surface area contributed by atoms with Gasteiger partial charge in [0, 0.05) is 59.6 Å². The lowest BCUT2D eigenvalue weighted by Crippen LogP contribution is -2.36. The molecule has 2 aliphatic heterocycles. The Balaban J connectivity index is 1.62. The lowest BCUT2D eigenvalue weighted by Gasteiger charge is -2.20. The Morgan fingerprint density at radius 2 is 2.16 bits per heavy atom. The van der Waals surface area contributed by atoms with Crippen LogP contribution in [0.4, 0.5) is 0 Å². The molecule has 2 aliphatic rings. The molecule has 7 heteroatoms. The van der Waals surface area contributed by atoms with Crippen molar-refractivity contribution in [3.05, 3.63) is 87.6 Å². The van der Waals surface area contributed by atoms with E-state index in [1.165, 1.54) is 0 Å². The standard InChI is InChI=1S/C25H25N3O3S/c1-16-12-21(29)24(25(30)27-15-18-7-5-11-31-18)20-13-23(17-6-4-10-26-14-17)32-22-9-3-2-8-19(22)28(16)20/h2-4,6,8-10,12,14,18,23H,5,7,11,13,15H2,1H3,(H,27,30). The molecule has 0 saturated carbocycles. The zero-order valence-electron chi connectivity index (χ0n) is 17.9.